The van der Waals surface area contributed by atoms with E-state index in [1.807, 2.05) is 11.9 Å². The fourth-order valence-electron chi connectivity index (χ4n) is 6.36. The predicted octanol–water partition coefficient (Wildman–Crippen LogP) is 3.42. The molecule has 10 heteroatoms. The van der Waals surface area contributed by atoms with Crippen LogP contribution >= 0.6 is 0 Å². The van der Waals surface area contributed by atoms with Crippen molar-refractivity contribution in [3.05, 3.63) is 0 Å². The zero-order valence-electron chi connectivity index (χ0n) is 23.8. The van der Waals surface area contributed by atoms with Crippen LogP contribution in [0.3, 0.4) is 0 Å². The maximum Gasteiger partial charge on any atom is 0.436 e. The Hall–Kier alpha value is -2.38. The van der Waals surface area contributed by atoms with Crippen molar-refractivity contribution in [3.63, 3.8) is 0 Å². The number of guanidine groups is 1. The van der Waals surface area contributed by atoms with Gasteiger partial charge in [0.15, 0.2) is 0 Å². The number of hydrogen-bond acceptors (Lipinski definition) is 6. The van der Waals surface area contributed by atoms with Gasteiger partial charge < -0.3 is 29.9 Å². The number of hydrogen-bond donors (Lipinski definition) is 2. The van der Waals surface area contributed by atoms with E-state index >= 15 is 0 Å². The molecule has 2 saturated carbocycles. The van der Waals surface area contributed by atoms with Crippen LogP contribution in [0.15, 0.2) is 4.99 Å². The van der Waals surface area contributed by atoms with Gasteiger partial charge in [0.25, 0.3) is 0 Å². The zero-order valence-corrected chi connectivity index (χ0v) is 23.8. The van der Waals surface area contributed by atoms with Crippen molar-refractivity contribution < 1.29 is 19.1 Å². The average molecular weight is 545 g/mol. The van der Waals surface area contributed by atoms with E-state index in [4.69, 9.17) is 9.47 Å². The van der Waals surface area contributed by atoms with E-state index in [1.165, 1.54) is 38.5 Å². The normalized spacial score (nSPS) is 24.4. The molecule has 1 unspecified atom stereocenters. The van der Waals surface area contributed by atoms with Gasteiger partial charge in [-0.25, -0.2) is 4.79 Å². The van der Waals surface area contributed by atoms with Gasteiger partial charge in [-0.3, -0.25) is 4.79 Å². The highest BCUT2D eigenvalue weighted by atomic mass is 16.5. The molecule has 1 atom stereocenters. The maximum absolute atomic E-state index is 13.8. The highest BCUT2D eigenvalue weighted by molar-refractivity contribution is 5.94. The summed E-state index contributed by atoms with van der Waals surface area (Å²) in [5, 5.41) is 16.5. The topological polar surface area (TPSA) is 119 Å². The highest BCUT2D eigenvalue weighted by Crippen LogP contribution is 2.28. The Morgan fingerprint density at radius 3 is 2.23 bits per heavy atom. The van der Waals surface area contributed by atoms with Crippen LogP contribution in [-0.4, -0.2) is 92.4 Å². The fourth-order valence-corrected chi connectivity index (χ4v) is 6.36. The van der Waals surface area contributed by atoms with Crippen LogP contribution in [0.2, 0.25) is 0 Å². The molecule has 0 aromatic rings. The zero-order chi connectivity index (χ0) is 27.5. The number of ether oxygens (including phenoxy) is 2. The van der Waals surface area contributed by atoms with Gasteiger partial charge in [-0.05, 0) is 51.0 Å². The number of aliphatic imine (C=N–C) groups is 1. The molecule has 0 aromatic heterocycles. The maximum atomic E-state index is 13.8. The smallest absolute Gasteiger partial charge is 0.436 e. The average Bonchev–Trinajstić information content (AvgIpc) is 2.98. The molecule has 0 radical (unpaired) electrons. The summed E-state index contributed by atoms with van der Waals surface area (Å²) in [4.78, 5) is 35.2. The van der Waals surface area contributed by atoms with Crippen LogP contribution in [0.25, 0.3) is 0 Å². The van der Waals surface area contributed by atoms with Crippen LogP contribution in [0.4, 0.5) is 4.79 Å². The highest BCUT2D eigenvalue weighted by Gasteiger charge is 2.38. The molecule has 2 saturated heterocycles. The quantitative estimate of drug-likeness (QED) is 0.370. The summed E-state index contributed by atoms with van der Waals surface area (Å²) < 4.78 is 11.1. The van der Waals surface area contributed by atoms with Crippen LogP contribution in [0.5, 0.6) is 0 Å². The van der Waals surface area contributed by atoms with Gasteiger partial charge in [0.1, 0.15) is 11.6 Å². The van der Waals surface area contributed by atoms with Crippen LogP contribution < -0.4 is 10.6 Å². The summed E-state index contributed by atoms with van der Waals surface area (Å²) in [7, 11) is 2.04. The molecule has 2 amide bonds. The molecule has 4 rings (SSSR count). The third-order valence-corrected chi connectivity index (χ3v) is 9.01. The molecular formula is C29H48N6O4. The monoisotopic (exact) mass is 544 g/mol. The molecule has 2 N–H and O–H groups in total. The lowest BCUT2D eigenvalue weighted by Gasteiger charge is -2.38. The fraction of sp³-hybridized carbons (Fsp3) is 0.862. The Labute approximate surface area is 233 Å². The third kappa shape index (κ3) is 9.07. The summed E-state index contributed by atoms with van der Waals surface area (Å²) in [5.74, 6) is 1.00. The SMILES string of the molecule is CN1CCC(C#N)(NC(=O)C(CC2CCCCC2)N/C(=N\C(=O)OCC2CCCCC2)N2CCOCC2)CC1. The minimum atomic E-state index is -0.870. The van der Waals surface area contributed by atoms with Gasteiger partial charge in [0.2, 0.25) is 11.9 Å². The molecule has 2 aliphatic heterocycles. The van der Waals surface area contributed by atoms with Gasteiger partial charge in [0.05, 0.1) is 25.9 Å². The van der Waals surface area contributed by atoms with Crippen molar-refractivity contribution in [1.29, 1.82) is 5.26 Å². The van der Waals surface area contributed by atoms with E-state index in [1.54, 1.807) is 0 Å². The summed E-state index contributed by atoms with van der Waals surface area (Å²) in [6, 6.07) is 1.81. The molecule has 4 aliphatic rings. The van der Waals surface area contributed by atoms with E-state index < -0.39 is 17.7 Å². The van der Waals surface area contributed by atoms with Gasteiger partial charge in [0, 0.05) is 26.2 Å². The summed E-state index contributed by atoms with van der Waals surface area (Å²) in [6.45, 7) is 4.14. The first-order chi connectivity index (χ1) is 19.0. The number of piperidine rings is 1. The van der Waals surface area contributed by atoms with Crippen molar-refractivity contribution >= 4 is 18.0 Å². The van der Waals surface area contributed by atoms with E-state index in [0.29, 0.717) is 70.0 Å². The third-order valence-electron chi connectivity index (χ3n) is 9.01. The van der Waals surface area contributed by atoms with Crippen LogP contribution in [0, 0.1) is 23.2 Å². The number of nitrogens with zero attached hydrogens (tertiary/aromatic N) is 4. The minimum absolute atomic E-state index is 0.191. The van der Waals surface area contributed by atoms with Crippen molar-refractivity contribution in [3.8, 4) is 6.07 Å². The summed E-state index contributed by atoms with van der Waals surface area (Å²) in [5.41, 5.74) is -0.870. The Bertz CT molecular complexity index is 863. The van der Waals surface area contributed by atoms with E-state index in [2.05, 4.69) is 26.6 Å². The molecule has 0 aromatic carbocycles. The lowest BCUT2D eigenvalue weighted by atomic mass is 9.84. The second-order valence-corrected chi connectivity index (χ2v) is 12.0. The number of likely N-dealkylation sites (tertiary alicyclic amines) is 1. The summed E-state index contributed by atoms with van der Waals surface area (Å²) >= 11 is 0. The van der Waals surface area contributed by atoms with Crippen molar-refractivity contribution in [2.45, 2.75) is 95.1 Å². The minimum Gasteiger partial charge on any atom is -0.448 e. The molecule has 0 spiro atoms. The van der Waals surface area contributed by atoms with Crippen molar-refractivity contribution in [2.24, 2.45) is 16.8 Å². The lowest BCUT2D eigenvalue weighted by molar-refractivity contribution is -0.125. The molecule has 39 heavy (non-hydrogen) atoms. The van der Waals surface area contributed by atoms with Gasteiger partial charge in [-0.15, -0.1) is 4.99 Å². The van der Waals surface area contributed by atoms with Crippen LogP contribution in [-0.2, 0) is 14.3 Å². The number of amides is 2. The van der Waals surface area contributed by atoms with E-state index in [-0.39, 0.29) is 5.91 Å². The number of carbonyl (C=O) groups excluding carboxylic acids is 2. The standard InChI is InChI=1S/C29H48N6O4/c1-34-14-12-29(22-30,13-15-34)33-26(36)25(20-23-8-4-2-5-9-23)31-27(35-16-18-38-19-17-35)32-28(37)39-21-24-10-6-3-7-11-24/h23-25H,2-21H2,1H3,(H,33,36)(H,31,32,37). The first-order valence-corrected chi connectivity index (χ1v) is 15.2. The summed E-state index contributed by atoms with van der Waals surface area (Å²) in [6.07, 6.45) is 12.8. The van der Waals surface area contributed by atoms with E-state index in [9.17, 15) is 14.9 Å². The molecule has 2 heterocycles. The second kappa shape index (κ2) is 14.8. The van der Waals surface area contributed by atoms with Crippen molar-refractivity contribution in [1.82, 2.24) is 20.4 Å². The first-order valence-electron chi connectivity index (χ1n) is 15.2. The number of nitriles is 1. The first kappa shape index (κ1) is 29.6. The molecule has 0 bridgehead atoms. The lowest BCUT2D eigenvalue weighted by Crippen LogP contribution is -2.60. The molecule has 2 aliphatic carbocycles. The molecular weight excluding hydrogens is 496 g/mol. The molecule has 218 valence electrons. The largest absolute Gasteiger partial charge is 0.448 e. The molecule has 4 fully saturated rings. The Morgan fingerprint density at radius 2 is 1.62 bits per heavy atom. The van der Waals surface area contributed by atoms with Gasteiger partial charge in [-0.2, -0.15) is 5.26 Å². The Balaban J connectivity index is 1.49. The Morgan fingerprint density at radius 1 is 1.00 bits per heavy atom. The number of nitrogens with one attached hydrogen (secondary N) is 2. The number of rotatable bonds is 7. The van der Waals surface area contributed by atoms with Crippen molar-refractivity contribution in [2.75, 3.05) is 53.0 Å². The second-order valence-electron chi connectivity index (χ2n) is 12.0. The number of carbonyl (C=O) groups is 2. The van der Waals surface area contributed by atoms with Gasteiger partial charge >= 0.3 is 6.09 Å². The van der Waals surface area contributed by atoms with Crippen LogP contribution in [0.1, 0.15) is 83.5 Å². The predicted molar refractivity (Wildman–Crippen MR) is 149 cm³/mol. The number of morpholine rings is 1. The Kier molecular flexibility index (Phi) is 11.3. The molecule has 10 nitrogen and oxygen atoms in total. The van der Waals surface area contributed by atoms with Gasteiger partial charge in [-0.1, -0.05) is 51.4 Å². The van der Waals surface area contributed by atoms with E-state index in [0.717, 1.165) is 38.8 Å².